The van der Waals surface area contributed by atoms with Gasteiger partial charge in [-0.05, 0) is 110 Å². The van der Waals surface area contributed by atoms with Crippen LogP contribution in [0.5, 0.6) is 0 Å². The van der Waals surface area contributed by atoms with Gasteiger partial charge in [-0.15, -0.1) is 0 Å². The smallest absolute Gasteiger partial charge is 0.394 e. The number of aliphatic hydroxyl groups is 10. The van der Waals surface area contributed by atoms with Gasteiger partial charge in [-0.2, -0.15) is 0 Å². The van der Waals surface area contributed by atoms with Crippen LogP contribution in [0, 0.1) is 17.8 Å². The summed E-state index contributed by atoms with van der Waals surface area (Å²) in [7, 11) is -14.8. The lowest BCUT2D eigenvalue weighted by atomic mass is 9.92. The second-order valence-electron chi connectivity index (χ2n) is 31.9. The lowest BCUT2D eigenvalue weighted by molar-refractivity contribution is -0.282. The predicted octanol–water partition coefficient (Wildman–Crippen LogP) is 4.21. The van der Waals surface area contributed by atoms with E-state index in [1.807, 2.05) is 0 Å². The third-order valence-electron chi connectivity index (χ3n) is 22.1. The summed E-state index contributed by atoms with van der Waals surface area (Å²) in [6, 6.07) is -2.84. The first-order valence-corrected chi connectivity index (χ1v) is 45.9. The van der Waals surface area contributed by atoms with Crippen molar-refractivity contribution < 1.29 is 164 Å². The minimum absolute atomic E-state index is 0.00191. The maximum atomic E-state index is 14.1. The fourth-order valence-corrected chi connectivity index (χ4v) is 18.1. The number of rotatable bonds is 57. The molecule has 0 saturated carbocycles. The topological polar surface area (TPSA) is 537 Å². The molecule has 3 amide bonds. The van der Waals surface area contributed by atoms with Gasteiger partial charge in [-0.1, -0.05) is 59.3 Å². The van der Waals surface area contributed by atoms with E-state index < -0.39 is 209 Å². The Morgan fingerprint density at radius 2 is 0.643 bits per heavy atom. The molecule has 0 spiro atoms. The highest BCUT2D eigenvalue weighted by molar-refractivity contribution is 7.48. The summed E-state index contributed by atoms with van der Waals surface area (Å²) in [4.78, 5) is 117. The molecule has 115 heavy (non-hydrogen) atoms. The molecule has 0 aromatic heterocycles. The first-order chi connectivity index (χ1) is 54.6. The first kappa shape index (κ1) is 101. The largest absolute Gasteiger partial charge is 0.472 e. The number of amides is 3. The molecule has 0 aromatic rings. The van der Waals surface area contributed by atoms with E-state index in [-0.39, 0.29) is 107 Å². The summed E-state index contributed by atoms with van der Waals surface area (Å²) in [5.74, 6) is -2.75. The molecule has 6 aliphatic heterocycles. The number of aliphatic hydroxyl groups excluding tert-OH is 10. The van der Waals surface area contributed by atoms with E-state index in [0.717, 1.165) is 6.42 Å². The number of carbonyl (C=O) groups is 6. The van der Waals surface area contributed by atoms with Crippen LogP contribution >= 0.6 is 23.5 Å². The first-order valence-electron chi connectivity index (χ1n) is 41.4. The van der Waals surface area contributed by atoms with E-state index >= 15 is 0 Å². The maximum Gasteiger partial charge on any atom is 0.472 e. The molecule has 0 aromatic carbocycles. The number of unbranched alkanes of at least 4 members (excludes halogenated alkanes) is 12. The number of nitrogens with zero attached hydrogens (tertiary/aromatic N) is 3. The Bertz CT molecular complexity index is 3050. The molecular weight excluding hydrogens is 1580 g/mol. The Labute approximate surface area is 674 Å². The number of β-amino-alcohol motifs (C(OH)–C–C–N with tert-alkyl or cyclic N) is 1. The van der Waals surface area contributed by atoms with E-state index in [2.05, 4.69) is 0 Å². The number of phosphoric ester groups is 3. The van der Waals surface area contributed by atoms with E-state index in [0.29, 0.717) is 141 Å². The molecule has 668 valence electrons. The van der Waals surface area contributed by atoms with Crippen LogP contribution in [0.2, 0.25) is 0 Å². The zero-order valence-electron chi connectivity index (χ0n) is 67.5. The molecule has 0 radical (unpaired) electrons. The predicted molar refractivity (Wildman–Crippen MR) is 408 cm³/mol. The van der Waals surface area contributed by atoms with Crippen molar-refractivity contribution in [3.05, 3.63) is 0 Å². The molecular formula is C75H134N3O34P3. The van der Waals surface area contributed by atoms with Crippen molar-refractivity contribution in [1.29, 1.82) is 0 Å². The summed E-state index contributed by atoms with van der Waals surface area (Å²) in [6.07, 6.45) is -5.26. The number of hydrogen-bond donors (Lipinski definition) is 13. The van der Waals surface area contributed by atoms with Crippen LogP contribution in [0.25, 0.3) is 0 Å². The molecule has 0 bridgehead atoms. The molecule has 6 aliphatic rings. The Morgan fingerprint density at radius 3 is 0.974 bits per heavy atom. The van der Waals surface area contributed by atoms with Gasteiger partial charge in [-0.3, -0.25) is 55.9 Å². The second kappa shape index (κ2) is 51.3. The molecule has 6 heterocycles. The van der Waals surface area contributed by atoms with Crippen LogP contribution in [-0.2, 0) is 98.0 Å². The highest BCUT2D eigenvalue weighted by atomic mass is 31.2. The Morgan fingerprint density at radius 1 is 0.374 bits per heavy atom. The maximum absolute atomic E-state index is 14.1. The summed E-state index contributed by atoms with van der Waals surface area (Å²) >= 11 is 0. The van der Waals surface area contributed by atoms with Gasteiger partial charge in [0.15, 0.2) is 18.9 Å². The minimum atomic E-state index is -5.11. The van der Waals surface area contributed by atoms with Crippen molar-refractivity contribution in [1.82, 2.24) is 14.7 Å². The molecule has 24 atom stereocenters. The lowest BCUT2D eigenvalue weighted by Crippen LogP contribution is -2.55. The van der Waals surface area contributed by atoms with Crippen molar-refractivity contribution in [2.24, 2.45) is 17.8 Å². The SMILES string of the molecule is CC(C)OP(=O)(O)OC[C@@H]1C[C@@H](OP(=O)(O)OC[C@@H]2C[C@@H](OP(=O)(O)OC[C@@H]3C[C@@H](O)CN3C(=O)CCCCCCC(=O)CCCCOC3OC(CO)C(O)C(O)C3C)CN2C(=O)CCCCC(=O)CCCCCCOC2OC(CO)C(O)C(O)C2C)CN1C(=O)CCCCCCC(=O)CCCCOC1OC(CO)C(O)C(O)C1C. The van der Waals surface area contributed by atoms with Gasteiger partial charge in [0, 0.05) is 115 Å². The lowest BCUT2D eigenvalue weighted by Gasteiger charge is -2.40. The number of Topliss-reactive ketones (excluding diaryl/α,β-unsaturated/α-hetero) is 3. The molecule has 6 saturated heterocycles. The average Bonchev–Trinajstić information content (AvgIpc) is 1.22. The van der Waals surface area contributed by atoms with Crippen LogP contribution in [0.4, 0.5) is 0 Å². The van der Waals surface area contributed by atoms with E-state index in [9.17, 15) is 108 Å². The van der Waals surface area contributed by atoms with Crippen LogP contribution in [0.15, 0.2) is 0 Å². The summed E-state index contributed by atoms with van der Waals surface area (Å²) in [5, 5.41) is 100. The molecule has 13 N–H and O–H groups in total. The average molecular weight is 1710 g/mol. The van der Waals surface area contributed by atoms with Crippen LogP contribution in [0.3, 0.4) is 0 Å². The van der Waals surface area contributed by atoms with E-state index in [4.69, 9.17) is 55.6 Å². The molecule has 40 heteroatoms. The Balaban J connectivity index is 0.966. The Hall–Kier alpha value is -2.89. The fraction of sp³-hybridized carbons (Fsp3) is 0.920. The number of likely N-dealkylation sites (tertiary alicyclic amines) is 3. The number of carbonyl (C=O) groups excluding carboxylic acids is 6. The minimum Gasteiger partial charge on any atom is -0.394 e. The molecule has 6 fully saturated rings. The standard InChI is InChI=1S/C75H134N3O34P3/c1-48(2)110-113(95,96)104-46-53-37-59(40-77(53)65(87)31-16-9-7-13-25-57(84)29-20-23-35-103-75-51(5)69(91)72(94)63(44-81)109-75)112-115(99,100)106-47-54-38-60(41-78(54)66(88)32-18-17-27-55(82)26-14-10-11-21-33-101-73-49(3)67(89)70(92)61(42-79)107-73)111-114(97,98)105-45-52-36-58(85)39-76(52)64(86)30-15-8-6-12-24-56(83)28-19-22-34-102-74-50(4)68(90)71(93)62(43-80)108-74/h48-54,58-63,67-75,79-81,85,89-94H,6-47H2,1-5H3,(H,95,96)(H,97,98)(H,99,100)/t49?,50?,51?,52-,53-,54-,58+,59+,60+,61?,62?,63?,67?,68?,69?,70?,71?,72?,73?,74?,75?/m0/s1. The summed E-state index contributed by atoms with van der Waals surface area (Å²) < 4.78 is 107. The van der Waals surface area contributed by atoms with Crippen molar-refractivity contribution in [2.75, 3.05) is 79.1 Å². The highest BCUT2D eigenvalue weighted by Gasteiger charge is 2.48. The van der Waals surface area contributed by atoms with Crippen LogP contribution < -0.4 is 0 Å². The molecule has 37 nitrogen and oxygen atoms in total. The zero-order valence-corrected chi connectivity index (χ0v) is 70.2. The number of ketones is 3. The third-order valence-corrected chi connectivity index (χ3v) is 25.3. The highest BCUT2D eigenvalue weighted by Crippen LogP contribution is 2.51. The van der Waals surface area contributed by atoms with Gasteiger partial charge in [0.1, 0.15) is 54.0 Å². The third kappa shape index (κ3) is 34.7. The zero-order chi connectivity index (χ0) is 84.6. The van der Waals surface area contributed by atoms with Crippen molar-refractivity contribution >= 4 is 58.5 Å². The van der Waals surface area contributed by atoms with Crippen molar-refractivity contribution in [3.63, 3.8) is 0 Å². The van der Waals surface area contributed by atoms with Gasteiger partial charge < -0.3 is 109 Å². The number of hydrogen-bond acceptors (Lipinski definition) is 31. The molecule has 0 aliphatic carbocycles. The number of phosphoric acid groups is 3. The normalized spacial score (nSPS) is 31.5. The molecule has 18 unspecified atom stereocenters. The van der Waals surface area contributed by atoms with Crippen LogP contribution in [0.1, 0.15) is 227 Å². The van der Waals surface area contributed by atoms with Crippen molar-refractivity contribution in [3.8, 4) is 0 Å². The molecule has 6 rings (SSSR count). The number of ether oxygens (including phenoxy) is 6. The van der Waals surface area contributed by atoms with Gasteiger partial charge >= 0.3 is 23.5 Å². The van der Waals surface area contributed by atoms with Gasteiger partial charge in [0.05, 0.1) is 100 Å². The summed E-state index contributed by atoms with van der Waals surface area (Å²) in [6.45, 7) is 5.01. The van der Waals surface area contributed by atoms with Gasteiger partial charge in [0.2, 0.25) is 17.7 Å². The quantitative estimate of drug-likeness (QED) is 0.0299. The van der Waals surface area contributed by atoms with Crippen LogP contribution in [-0.4, -0.2) is 311 Å². The monoisotopic (exact) mass is 1710 g/mol. The van der Waals surface area contributed by atoms with Gasteiger partial charge in [-0.25, -0.2) is 13.7 Å². The van der Waals surface area contributed by atoms with E-state index in [1.165, 1.54) is 28.5 Å². The fourth-order valence-electron chi connectivity index (χ4n) is 15.2. The summed E-state index contributed by atoms with van der Waals surface area (Å²) in [5.41, 5.74) is 0. The van der Waals surface area contributed by atoms with Gasteiger partial charge in [0.25, 0.3) is 0 Å². The van der Waals surface area contributed by atoms with Crippen molar-refractivity contribution in [2.45, 2.75) is 344 Å². The Kier molecular flexibility index (Phi) is 45.0. The second-order valence-corrected chi connectivity index (χ2v) is 36.1. The van der Waals surface area contributed by atoms with E-state index in [1.54, 1.807) is 20.8 Å².